The van der Waals surface area contributed by atoms with Gasteiger partial charge in [0.1, 0.15) is 11.5 Å². The molecule has 1 rings (SSSR count). The maximum absolute atomic E-state index is 8.61. The van der Waals surface area contributed by atoms with Gasteiger partial charge in [-0.15, -0.1) is 11.6 Å². The van der Waals surface area contributed by atoms with Crippen LogP contribution < -0.4 is 0 Å². The minimum atomic E-state index is -0.547. The van der Waals surface area contributed by atoms with Crippen molar-refractivity contribution in [3.63, 3.8) is 0 Å². The van der Waals surface area contributed by atoms with Gasteiger partial charge in [0, 0.05) is 14.2 Å². The van der Waals surface area contributed by atoms with E-state index in [0.29, 0.717) is 0 Å². The van der Waals surface area contributed by atoms with E-state index in [4.69, 9.17) is 35.7 Å². The third kappa shape index (κ3) is 2.56. The Kier molecular flexibility index (Phi) is 5.08. The molecule has 0 saturated carbocycles. The molecule has 0 spiro atoms. The molecule has 4 unspecified atom stereocenters. The van der Waals surface area contributed by atoms with Crippen LogP contribution in [-0.2, 0) is 18.9 Å². The van der Waals surface area contributed by atoms with Crippen LogP contribution in [0, 0.1) is 0 Å². The summed E-state index contributed by atoms with van der Waals surface area (Å²) in [5.41, 5.74) is 0. The molecule has 1 heterocycles. The van der Waals surface area contributed by atoms with Crippen molar-refractivity contribution in [2.45, 2.75) is 24.1 Å². The smallest absolute Gasteiger partial charge is 0.188 e. The van der Waals surface area contributed by atoms with Gasteiger partial charge in [-0.25, -0.2) is 0 Å². The van der Waals surface area contributed by atoms with Crippen LogP contribution in [0.25, 0.3) is 0 Å². The fourth-order valence-electron chi connectivity index (χ4n) is 1.32. The van der Waals surface area contributed by atoms with Crippen LogP contribution >= 0.6 is 11.6 Å². The fourth-order valence-corrected chi connectivity index (χ4v) is 1.68. The van der Waals surface area contributed by atoms with E-state index >= 15 is 0 Å². The first-order chi connectivity index (χ1) is 6.74. The number of hydrogen-bond acceptors (Lipinski definition) is 5. The molecule has 0 aliphatic carbocycles. The van der Waals surface area contributed by atoms with Crippen LogP contribution in [0.1, 0.15) is 0 Å². The number of halogens is 1. The Balaban J connectivity index is 2.51. The highest BCUT2D eigenvalue weighted by Crippen LogP contribution is 2.28. The second-order valence-corrected chi connectivity index (χ2v) is 3.35. The predicted molar refractivity (Wildman–Crippen MR) is 49.1 cm³/mol. The first kappa shape index (κ1) is 12.2. The number of alkyl halides is 1. The lowest BCUT2D eigenvalue weighted by atomic mass is 10.2. The fraction of sp³-hybridized carbons (Fsp3) is 1.00. The van der Waals surface area contributed by atoms with E-state index < -0.39 is 24.1 Å². The molecule has 4 atom stereocenters. The van der Waals surface area contributed by atoms with Crippen molar-refractivity contribution in [1.29, 1.82) is 0 Å². The van der Waals surface area contributed by atoms with Gasteiger partial charge in [-0.1, -0.05) is 0 Å². The van der Waals surface area contributed by atoms with Gasteiger partial charge in [-0.2, -0.15) is 0 Å². The molecule has 6 heteroatoms. The van der Waals surface area contributed by atoms with Crippen LogP contribution in [-0.4, -0.2) is 56.6 Å². The largest absolute Gasteiger partial charge is 0.394 e. The van der Waals surface area contributed by atoms with Crippen molar-refractivity contribution in [2.75, 3.05) is 27.4 Å². The van der Waals surface area contributed by atoms with E-state index in [1.807, 2.05) is 0 Å². The van der Waals surface area contributed by atoms with E-state index in [1.165, 1.54) is 14.2 Å². The number of aliphatic hydroxyl groups excluding tert-OH is 1. The van der Waals surface area contributed by atoms with Crippen molar-refractivity contribution in [2.24, 2.45) is 0 Å². The van der Waals surface area contributed by atoms with Crippen molar-refractivity contribution in [3.8, 4) is 0 Å². The van der Waals surface area contributed by atoms with E-state index in [-0.39, 0.29) is 13.2 Å². The monoisotopic (exact) mass is 226 g/mol. The van der Waals surface area contributed by atoms with Crippen molar-refractivity contribution < 1.29 is 24.1 Å². The minimum absolute atomic E-state index is 0.0613. The number of aliphatic hydroxyl groups is 1. The third-order valence-electron chi connectivity index (χ3n) is 1.98. The maximum atomic E-state index is 8.61. The van der Waals surface area contributed by atoms with Gasteiger partial charge >= 0.3 is 0 Å². The zero-order chi connectivity index (χ0) is 10.6. The van der Waals surface area contributed by atoms with Gasteiger partial charge in [-0.3, -0.25) is 0 Å². The highest BCUT2D eigenvalue weighted by molar-refractivity contribution is 6.21. The average Bonchev–Trinajstić information content (AvgIpc) is 2.52. The van der Waals surface area contributed by atoms with Crippen LogP contribution in [0.2, 0.25) is 0 Å². The molecular formula is C8H15ClO5. The summed E-state index contributed by atoms with van der Waals surface area (Å²) in [6, 6.07) is 0. The zero-order valence-electron chi connectivity index (χ0n) is 8.18. The van der Waals surface area contributed by atoms with E-state index in [9.17, 15) is 0 Å². The molecule has 1 saturated heterocycles. The Labute approximate surface area is 87.8 Å². The molecule has 0 aromatic rings. The van der Waals surface area contributed by atoms with Crippen LogP contribution in [0.3, 0.4) is 0 Å². The number of rotatable bonds is 5. The molecule has 0 amide bonds. The topological polar surface area (TPSA) is 57.2 Å². The second-order valence-electron chi connectivity index (χ2n) is 2.85. The molecule has 1 N–H and O–H groups in total. The summed E-state index contributed by atoms with van der Waals surface area (Å²) in [6.07, 6.45) is -1.50. The first-order valence-electron chi connectivity index (χ1n) is 4.32. The normalized spacial score (nSPS) is 37.7. The maximum Gasteiger partial charge on any atom is 0.188 e. The number of hydrogen-bond donors (Lipinski definition) is 1. The summed E-state index contributed by atoms with van der Waals surface area (Å²) in [5.74, 6) is 0. The predicted octanol–water partition coefficient (Wildman–Crippen LogP) is -0.0535. The van der Waals surface area contributed by atoms with Gasteiger partial charge in [0.15, 0.2) is 12.6 Å². The SMILES string of the molecule is COC1OC(OC)C(OCCO)C1Cl. The molecule has 0 radical (unpaired) electrons. The van der Waals surface area contributed by atoms with Crippen LogP contribution in [0.4, 0.5) is 0 Å². The number of ether oxygens (including phenoxy) is 4. The van der Waals surface area contributed by atoms with Gasteiger partial charge in [0.25, 0.3) is 0 Å². The lowest BCUT2D eigenvalue weighted by molar-refractivity contribution is -0.204. The summed E-state index contributed by atoms with van der Waals surface area (Å²) in [6.45, 7) is 0.141. The number of methoxy groups -OCH3 is 2. The molecule has 84 valence electrons. The summed E-state index contributed by atoms with van der Waals surface area (Å²) in [7, 11) is 3.00. The molecule has 1 aliphatic heterocycles. The molecule has 0 aromatic heterocycles. The van der Waals surface area contributed by atoms with Gasteiger partial charge in [0.05, 0.1) is 13.2 Å². The highest BCUT2D eigenvalue weighted by Gasteiger charge is 2.45. The molecule has 14 heavy (non-hydrogen) atoms. The van der Waals surface area contributed by atoms with Crippen LogP contribution in [0.5, 0.6) is 0 Å². The molecule has 1 aliphatic rings. The van der Waals surface area contributed by atoms with Gasteiger partial charge in [0.2, 0.25) is 0 Å². The Morgan fingerprint density at radius 1 is 1.29 bits per heavy atom. The quantitative estimate of drug-likeness (QED) is 0.666. The van der Waals surface area contributed by atoms with Gasteiger partial charge in [-0.05, 0) is 0 Å². The van der Waals surface area contributed by atoms with E-state index in [1.54, 1.807) is 0 Å². The molecule has 1 fully saturated rings. The minimum Gasteiger partial charge on any atom is -0.394 e. The first-order valence-corrected chi connectivity index (χ1v) is 4.75. The standard InChI is InChI=1S/C8H15ClO5/c1-11-7-5(9)6(13-4-3-10)8(12-2)14-7/h5-8,10H,3-4H2,1-2H3. The molecule has 0 aromatic carbocycles. The Bertz CT molecular complexity index is 166. The lowest BCUT2D eigenvalue weighted by Crippen LogP contribution is -2.33. The second kappa shape index (κ2) is 5.85. The summed E-state index contributed by atoms with van der Waals surface area (Å²) in [5, 5.41) is 8.18. The van der Waals surface area contributed by atoms with Crippen LogP contribution in [0.15, 0.2) is 0 Å². The molecule has 5 nitrogen and oxygen atoms in total. The van der Waals surface area contributed by atoms with Crippen molar-refractivity contribution in [3.05, 3.63) is 0 Å². The van der Waals surface area contributed by atoms with Gasteiger partial charge < -0.3 is 24.1 Å². The van der Waals surface area contributed by atoms with Crippen molar-refractivity contribution >= 4 is 11.6 Å². The Morgan fingerprint density at radius 2 is 1.93 bits per heavy atom. The molecular weight excluding hydrogens is 212 g/mol. The van der Waals surface area contributed by atoms with Crippen molar-refractivity contribution in [1.82, 2.24) is 0 Å². The summed E-state index contributed by atoms with van der Waals surface area (Å²) in [4.78, 5) is 0. The summed E-state index contributed by atoms with van der Waals surface area (Å²) >= 11 is 6.02. The van der Waals surface area contributed by atoms with E-state index in [0.717, 1.165) is 0 Å². The zero-order valence-corrected chi connectivity index (χ0v) is 8.94. The summed E-state index contributed by atoms with van der Waals surface area (Å²) < 4.78 is 20.6. The average molecular weight is 227 g/mol. The molecule has 0 bridgehead atoms. The Morgan fingerprint density at radius 3 is 2.43 bits per heavy atom. The Hall–Kier alpha value is 0.0900. The third-order valence-corrected chi connectivity index (χ3v) is 2.43. The highest BCUT2D eigenvalue weighted by atomic mass is 35.5. The lowest BCUT2D eigenvalue weighted by Gasteiger charge is -2.18. The van der Waals surface area contributed by atoms with E-state index in [2.05, 4.69) is 0 Å².